The van der Waals surface area contributed by atoms with Crippen molar-refractivity contribution in [3.05, 3.63) is 18.2 Å². The number of sulfonamides is 1. The Labute approximate surface area is 125 Å². The molecule has 0 heterocycles. The molecule has 0 bridgehead atoms. The van der Waals surface area contributed by atoms with Gasteiger partial charge in [0.05, 0.1) is 17.9 Å². The van der Waals surface area contributed by atoms with Crippen LogP contribution in [0.4, 0.5) is 11.4 Å². The number of anilines is 2. The number of nitrogens with zero attached hydrogens (tertiary/aromatic N) is 1. The van der Waals surface area contributed by atoms with Crippen molar-refractivity contribution in [1.82, 2.24) is 5.32 Å². The summed E-state index contributed by atoms with van der Waals surface area (Å²) >= 11 is 0. The van der Waals surface area contributed by atoms with Gasteiger partial charge in [0.2, 0.25) is 15.9 Å². The Hall–Kier alpha value is -1.80. The van der Waals surface area contributed by atoms with Gasteiger partial charge in [0.15, 0.2) is 0 Å². The van der Waals surface area contributed by atoms with Crippen molar-refractivity contribution in [2.45, 2.75) is 31.7 Å². The maximum Gasteiger partial charge on any atom is 0.240 e. The quantitative estimate of drug-likeness (QED) is 0.651. The van der Waals surface area contributed by atoms with E-state index in [2.05, 4.69) is 5.32 Å². The van der Waals surface area contributed by atoms with Gasteiger partial charge in [-0.3, -0.25) is 4.79 Å². The van der Waals surface area contributed by atoms with E-state index in [0.717, 1.165) is 0 Å². The van der Waals surface area contributed by atoms with Gasteiger partial charge in [0.1, 0.15) is 4.90 Å². The second-order valence-electron chi connectivity index (χ2n) is 4.97. The van der Waals surface area contributed by atoms with Crippen LogP contribution in [0.2, 0.25) is 0 Å². The molecule has 1 aromatic rings. The molecule has 0 fully saturated rings. The van der Waals surface area contributed by atoms with E-state index in [4.69, 9.17) is 10.9 Å². The molecular formula is C13H22N4O3S. The highest BCUT2D eigenvalue weighted by atomic mass is 32.2. The monoisotopic (exact) mass is 314 g/mol. The van der Waals surface area contributed by atoms with Gasteiger partial charge in [-0.25, -0.2) is 13.6 Å². The number of primary sulfonamides is 1. The summed E-state index contributed by atoms with van der Waals surface area (Å²) in [5.74, 6) is -0.160. The molecule has 1 aromatic carbocycles. The van der Waals surface area contributed by atoms with Crippen LogP contribution in [-0.2, 0) is 14.8 Å². The van der Waals surface area contributed by atoms with E-state index in [-0.39, 0.29) is 29.1 Å². The number of nitrogens with two attached hydrogens (primary N) is 2. The Morgan fingerprint density at radius 1 is 1.38 bits per heavy atom. The second-order valence-corrected chi connectivity index (χ2v) is 6.50. The van der Waals surface area contributed by atoms with E-state index >= 15 is 0 Å². The highest BCUT2D eigenvalue weighted by molar-refractivity contribution is 7.89. The van der Waals surface area contributed by atoms with E-state index in [0.29, 0.717) is 12.2 Å². The van der Waals surface area contributed by atoms with Crippen LogP contribution in [0.25, 0.3) is 0 Å². The summed E-state index contributed by atoms with van der Waals surface area (Å²) in [5.41, 5.74) is 6.42. The first kappa shape index (κ1) is 17.3. The van der Waals surface area contributed by atoms with Gasteiger partial charge in [0, 0.05) is 12.6 Å². The molecule has 0 saturated carbocycles. The maximum atomic E-state index is 11.9. The molecule has 1 rings (SSSR count). The van der Waals surface area contributed by atoms with Gasteiger partial charge in [-0.1, -0.05) is 6.07 Å². The second kappa shape index (κ2) is 6.77. The topological polar surface area (TPSA) is 119 Å². The van der Waals surface area contributed by atoms with Crippen LogP contribution in [0.1, 0.15) is 20.8 Å². The summed E-state index contributed by atoms with van der Waals surface area (Å²) in [5, 5.41) is 7.91. The Morgan fingerprint density at radius 3 is 2.48 bits per heavy atom. The molecule has 118 valence electrons. The zero-order valence-corrected chi connectivity index (χ0v) is 13.3. The number of likely N-dealkylation sites (N-methyl/N-ethyl adjacent to an activating group) is 1. The number of carbonyl (C=O) groups is 1. The first-order valence-electron chi connectivity index (χ1n) is 6.62. The number of hydrogen-bond donors (Lipinski definition) is 3. The van der Waals surface area contributed by atoms with Crippen LogP contribution in [-0.4, -0.2) is 33.5 Å². The molecule has 0 aliphatic rings. The summed E-state index contributed by atoms with van der Waals surface area (Å²) in [7, 11) is -3.90. The third kappa shape index (κ3) is 4.61. The molecule has 1 amide bonds. The lowest BCUT2D eigenvalue weighted by Gasteiger charge is -2.25. The number of benzene rings is 1. The Morgan fingerprint density at radius 2 is 2.00 bits per heavy atom. The molecule has 7 nitrogen and oxygen atoms in total. The number of carbonyl (C=O) groups excluding carboxylic acids is 1. The minimum absolute atomic E-state index is 0.0318. The molecule has 0 radical (unpaired) electrons. The standard InChI is InChI=1S/C13H22N4O3S/c1-4-17(8-12(18)16-9(2)3)10-6-5-7-11(13(10)14)21(15,19)20/h5-7,9H,4,8,14H2,1-3H3,(H,16,18)(H2,15,19,20). The van der Waals surface area contributed by atoms with E-state index in [1.54, 1.807) is 17.0 Å². The normalized spacial score (nSPS) is 11.5. The van der Waals surface area contributed by atoms with Crippen molar-refractivity contribution in [1.29, 1.82) is 0 Å². The first-order chi connectivity index (χ1) is 9.66. The largest absolute Gasteiger partial charge is 0.396 e. The van der Waals surface area contributed by atoms with Crippen LogP contribution >= 0.6 is 0 Å². The number of nitrogen functional groups attached to an aromatic ring is 1. The lowest BCUT2D eigenvalue weighted by molar-refractivity contribution is -0.120. The zero-order chi connectivity index (χ0) is 16.2. The third-order valence-corrected chi connectivity index (χ3v) is 3.83. The summed E-state index contributed by atoms with van der Waals surface area (Å²) in [6.45, 7) is 6.18. The van der Waals surface area contributed by atoms with Crippen LogP contribution in [0.5, 0.6) is 0 Å². The van der Waals surface area contributed by atoms with Crippen LogP contribution in [0, 0.1) is 0 Å². The third-order valence-electron chi connectivity index (χ3n) is 2.86. The summed E-state index contributed by atoms with van der Waals surface area (Å²) in [6.07, 6.45) is 0. The number of para-hydroxylation sites is 1. The molecule has 0 aromatic heterocycles. The Bertz CT molecular complexity index is 614. The minimum atomic E-state index is -3.90. The fourth-order valence-corrected chi connectivity index (χ4v) is 2.64. The molecule has 0 unspecified atom stereocenters. The summed E-state index contributed by atoms with van der Waals surface area (Å²) < 4.78 is 23.0. The number of hydrogen-bond acceptors (Lipinski definition) is 5. The van der Waals surface area contributed by atoms with Crippen molar-refractivity contribution in [3.8, 4) is 0 Å². The molecule has 0 atom stereocenters. The SMILES string of the molecule is CCN(CC(=O)NC(C)C)c1cccc(S(N)(=O)=O)c1N. The molecule has 0 saturated heterocycles. The number of amides is 1. The smallest absolute Gasteiger partial charge is 0.240 e. The van der Waals surface area contributed by atoms with E-state index < -0.39 is 10.0 Å². The highest BCUT2D eigenvalue weighted by Crippen LogP contribution is 2.28. The molecular weight excluding hydrogens is 292 g/mol. The Kier molecular flexibility index (Phi) is 5.56. The van der Waals surface area contributed by atoms with Crippen LogP contribution in [0.3, 0.4) is 0 Å². The van der Waals surface area contributed by atoms with Crippen LogP contribution in [0.15, 0.2) is 23.1 Å². The summed E-state index contributed by atoms with van der Waals surface area (Å²) in [4.78, 5) is 13.4. The average molecular weight is 314 g/mol. The predicted molar refractivity (Wildman–Crippen MR) is 83.4 cm³/mol. The van der Waals surface area contributed by atoms with Gasteiger partial charge in [0.25, 0.3) is 0 Å². The number of rotatable bonds is 6. The fraction of sp³-hybridized carbons (Fsp3) is 0.462. The van der Waals surface area contributed by atoms with Gasteiger partial charge in [-0.2, -0.15) is 0 Å². The van der Waals surface area contributed by atoms with E-state index in [1.807, 2.05) is 20.8 Å². The average Bonchev–Trinajstić information content (AvgIpc) is 2.34. The fourth-order valence-electron chi connectivity index (χ4n) is 1.96. The lowest BCUT2D eigenvalue weighted by atomic mass is 10.2. The van der Waals surface area contributed by atoms with Crippen molar-refractivity contribution in [3.63, 3.8) is 0 Å². The van der Waals surface area contributed by atoms with Crippen LogP contribution < -0.4 is 21.1 Å². The van der Waals surface area contributed by atoms with E-state index in [9.17, 15) is 13.2 Å². The maximum absolute atomic E-state index is 11.9. The Balaban J connectivity index is 3.10. The molecule has 0 aliphatic heterocycles. The summed E-state index contributed by atoms with van der Waals surface area (Å²) in [6, 6.07) is 4.59. The van der Waals surface area contributed by atoms with Gasteiger partial charge >= 0.3 is 0 Å². The highest BCUT2D eigenvalue weighted by Gasteiger charge is 2.19. The number of nitrogens with one attached hydrogen (secondary N) is 1. The first-order valence-corrected chi connectivity index (χ1v) is 8.17. The van der Waals surface area contributed by atoms with Crippen molar-refractivity contribution in [2.75, 3.05) is 23.7 Å². The van der Waals surface area contributed by atoms with Gasteiger partial charge in [-0.15, -0.1) is 0 Å². The minimum Gasteiger partial charge on any atom is -0.396 e. The van der Waals surface area contributed by atoms with Crippen molar-refractivity contribution in [2.24, 2.45) is 5.14 Å². The van der Waals surface area contributed by atoms with Gasteiger partial charge < -0.3 is 16.0 Å². The predicted octanol–water partition coefficient (Wildman–Crippen LogP) is 0.267. The van der Waals surface area contributed by atoms with Gasteiger partial charge in [-0.05, 0) is 32.9 Å². The molecule has 0 spiro atoms. The molecule has 5 N–H and O–H groups in total. The molecule has 0 aliphatic carbocycles. The molecule has 21 heavy (non-hydrogen) atoms. The lowest BCUT2D eigenvalue weighted by Crippen LogP contribution is -2.40. The van der Waals surface area contributed by atoms with E-state index in [1.165, 1.54) is 6.07 Å². The van der Waals surface area contributed by atoms with Crippen molar-refractivity contribution < 1.29 is 13.2 Å². The van der Waals surface area contributed by atoms with Crippen molar-refractivity contribution >= 4 is 27.3 Å². The zero-order valence-electron chi connectivity index (χ0n) is 12.5. The molecule has 8 heteroatoms.